The number of aliphatic imine (C=N–C) groups is 1. The van der Waals surface area contributed by atoms with Crippen LogP contribution in [0.4, 0.5) is 5.82 Å². The number of hydrogen-bond donors (Lipinski definition) is 3. The van der Waals surface area contributed by atoms with Gasteiger partial charge in [0.05, 0.1) is 0 Å². The van der Waals surface area contributed by atoms with Crippen molar-refractivity contribution in [3.8, 4) is 5.88 Å². The van der Waals surface area contributed by atoms with Gasteiger partial charge in [-0.3, -0.25) is 9.78 Å². The fraction of sp³-hybridized carbons (Fsp3) is 0.0909. The van der Waals surface area contributed by atoms with Gasteiger partial charge >= 0.3 is 0 Å². The Balaban J connectivity index is 2.41. The molecule has 6 nitrogen and oxygen atoms in total. The average molecular weight is 262 g/mol. The SMILES string of the molecule is Cc1cccc(/N=C/c2c(O)[nH]c(=S)[nH]c2=O)n1. The third-order valence-electron chi connectivity index (χ3n) is 2.16. The molecule has 0 aliphatic heterocycles. The molecule has 7 heteroatoms. The lowest BCUT2D eigenvalue weighted by Gasteiger charge is -1.97. The van der Waals surface area contributed by atoms with Crippen LogP contribution >= 0.6 is 12.2 Å². The predicted octanol–water partition coefficient (Wildman–Crippen LogP) is 1.59. The van der Waals surface area contributed by atoms with Crippen LogP contribution in [0, 0.1) is 11.7 Å². The number of aryl methyl sites for hydroxylation is 1. The number of aromatic amines is 2. The molecular formula is C11H10N4O2S. The van der Waals surface area contributed by atoms with E-state index >= 15 is 0 Å². The van der Waals surface area contributed by atoms with Crippen molar-refractivity contribution in [2.24, 2.45) is 4.99 Å². The minimum atomic E-state index is -0.507. The minimum Gasteiger partial charge on any atom is -0.494 e. The fourth-order valence-corrected chi connectivity index (χ4v) is 1.52. The highest BCUT2D eigenvalue weighted by molar-refractivity contribution is 7.71. The molecule has 0 fully saturated rings. The summed E-state index contributed by atoms with van der Waals surface area (Å²) in [6, 6.07) is 5.33. The molecule has 0 aliphatic carbocycles. The summed E-state index contributed by atoms with van der Waals surface area (Å²) >= 11 is 4.71. The number of hydrogen-bond acceptors (Lipinski definition) is 5. The molecule has 0 saturated carbocycles. The van der Waals surface area contributed by atoms with Crippen molar-refractivity contribution < 1.29 is 5.11 Å². The van der Waals surface area contributed by atoms with Gasteiger partial charge in [-0.2, -0.15) is 0 Å². The lowest BCUT2D eigenvalue weighted by Crippen LogP contribution is -2.13. The molecule has 2 aromatic heterocycles. The summed E-state index contributed by atoms with van der Waals surface area (Å²) < 4.78 is 0.0586. The lowest BCUT2D eigenvalue weighted by molar-refractivity contribution is 0.449. The van der Waals surface area contributed by atoms with Gasteiger partial charge in [0.2, 0.25) is 5.88 Å². The van der Waals surface area contributed by atoms with Crippen molar-refractivity contribution in [1.82, 2.24) is 15.0 Å². The van der Waals surface area contributed by atoms with Gasteiger partial charge in [0, 0.05) is 11.9 Å². The third-order valence-corrected chi connectivity index (χ3v) is 2.36. The predicted molar refractivity (Wildman–Crippen MR) is 70.1 cm³/mol. The van der Waals surface area contributed by atoms with Gasteiger partial charge < -0.3 is 10.1 Å². The second-order valence-electron chi connectivity index (χ2n) is 3.57. The van der Waals surface area contributed by atoms with Crippen LogP contribution in [0.3, 0.4) is 0 Å². The first-order chi connectivity index (χ1) is 8.56. The van der Waals surface area contributed by atoms with Crippen molar-refractivity contribution in [1.29, 1.82) is 0 Å². The highest BCUT2D eigenvalue weighted by atomic mass is 32.1. The van der Waals surface area contributed by atoms with Gasteiger partial charge in [-0.15, -0.1) is 0 Å². The Morgan fingerprint density at radius 3 is 2.89 bits per heavy atom. The number of rotatable bonds is 2. The van der Waals surface area contributed by atoms with Crippen LogP contribution in [-0.4, -0.2) is 26.3 Å². The standard InChI is InChI=1S/C11H10N4O2S/c1-6-3-2-4-8(13-6)12-5-7-9(16)14-11(18)15-10(7)17/h2-5H,1H3,(H3,14,15,16,17,18)/b12-5+. The van der Waals surface area contributed by atoms with Crippen LogP contribution in [0.15, 0.2) is 28.0 Å². The molecule has 0 radical (unpaired) electrons. The summed E-state index contributed by atoms with van der Waals surface area (Å²) in [6.07, 6.45) is 1.24. The van der Waals surface area contributed by atoms with Crippen LogP contribution in [0.25, 0.3) is 0 Å². The largest absolute Gasteiger partial charge is 0.494 e. The third kappa shape index (κ3) is 2.69. The highest BCUT2D eigenvalue weighted by Crippen LogP contribution is 2.10. The van der Waals surface area contributed by atoms with E-state index in [9.17, 15) is 9.90 Å². The smallest absolute Gasteiger partial charge is 0.264 e. The first-order valence-electron chi connectivity index (χ1n) is 5.09. The number of pyridine rings is 1. The van der Waals surface area contributed by atoms with Crippen molar-refractivity contribution in [2.75, 3.05) is 0 Å². The monoisotopic (exact) mass is 262 g/mol. The maximum Gasteiger partial charge on any atom is 0.264 e. The summed E-state index contributed by atoms with van der Waals surface area (Å²) in [5.41, 5.74) is 0.315. The molecule has 2 heterocycles. The summed E-state index contributed by atoms with van der Waals surface area (Å²) in [6.45, 7) is 1.84. The van der Waals surface area contributed by atoms with E-state index in [1.165, 1.54) is 6.21 Å². The second-order valence-corrected chi connectivity index (χ2v) is 3.97. The molecule has 2 aromatic rings. The summed E-state index contributed by atoms with van der Waals surface area (Å²) in [5, 5.41) is 9.55. The number of H-pyrrole nitrogens is 2. The summed E-state index contributed by atoms with van der Waals surface area (Å²) in [7, 11) is 0. The van der Waals surface area contributed by atoms with Crippen LogP contribution in [0.5, 0.6) is 5.88 Å². The molecule has 0 spiro atoms. The highest BCUT2D eigenvalue weighted by Gasteiger charge is 2.04. The zero-order valence-corrected chi connectivity index (χ0v) is 10.3. The zero-order chi connectivity index (χ0) is 13.1. The molecule has 0 unspecified atom stereocenters. The van der Waals surface area contributed by atoms with Crippen molar-refractivity contribution in [3.05, 3.63) is 44.6 Å². The zero-order valence-electron chi connectivity index (χ0n) is 9.47. The van der Waals surface area contributed by atoms with E-state index < -0.39 is 5.56 Å². The summed E-state index contributed by atoms with van der Waals surface area (Å²) in [4.78, 5) is 24.5. The summed E-state index contributed by atoms with van der Waals surface area (Å²) in [5.74, 6) is 0.136. The van der Waals surface area contributed by atoms with Gasteiger partial charge in [0.1, 0.15) is 5.56 Å². The Morgan fingerprint density at radius 2 is 2.22 bits per heavy atom. The number of nitrogens with zero attached hydrogens (tertiary/aromatic N) is 2. The topological polar surface area (TPSA) is 94.1 Å². The van der Waals surface area contributed by atoms with Gasteiger partial charge in [-0.05, 0) is 31.3 Å². The van der Waals surface area contributed by atoms with Crippen molar-refractivity contribution in [2.45, 2.75) is 6.92 Å². The van der Waals surface area contributed by atoms with Crippen LogP contribution in [0.2, 0.25) is 0 Å². The molecule has 0 amide bonds. The first-order valence-corrected chi connectivity index (χ1v) is 5.50. The molecule has 2 rings (SSSR count). The van der Waals surface area contributed by atoms with E-state index in [0.717, 1.165) is 5.69 Å². The van der Waals surface area contributed by atoms with E-state index in [2.05, 4.69) is 19.9 Å². The minimum absolute atomic E-state index is 0.00639. The van der Waals surface area contributed by atoms with E-state index in [0.29, 0.717) is 5.82 Å². The van der Waals surface area contributed by atoms with Gasteiger partial charge in [-0.1, -0.05) is 6.07 Å². The maximum absolute atomic E-state index is 11.5. The van der Waals surface area contributed by atoms with E-state index in [1.807, 2.05) is 13.0 Å². The van der Waals surface area contributed by atoms with Gasteiger partial charge in [-0.25, -0.2) is 9.98 Å². The molecule has 92 valence electrons. The Labute approximate surface area is 107 Å². The van der Waals surface area contributed by atoms with E-state index in [1.54, 1.807) is 12.1 Å². The number of aromatic hydroxyl groups is 1. The van der Waals surface area contributed by atoms with E-state index in [4.69, 9.17) is 12.2 Å². The number of nitrogens with one attached hydrogen (secondary N) is 2. The molecular weight excluding hydrogens is 252 g/mol. The average Bonchev–Trinajstić information content (AvgIpc) is 2.27. The Kier molecular flexibility index (Phi) is 3.33. The van der Waals surface area contributed by atoms with E-state index in [-0.39, 0.29) is 16.2 Å². The molecule has 3 N–H and O–H groups in total. The molecule has 18 heavy (non-hydrogen) atoms. The Morgan fingerprint density at radius 1 is 1.44 bits per heavy atom. The molecule has 0 atom stereocenters. The molecule has 0 bridgehead atoms. The molecule has 0 saturated heterocycles. The first kappa shape index (κ1) is 12.2. The fourth-order valence-electron chi connectivity index (χ4n) is 1.34. The Hall–Kier alpha value is -2.28. The molecule has 0 aliphatic rings. The number of aromatic nitrogens is 3. The second kappa shape index (κ2) is 4.92. The molecule has 0 aromatic carbocycles. The van der Waals surface area contributed by atoms with Crippen molar-refractivity contribution in [3.63, 3.8) is 0 Å². The normalized spacial score (nSPS) is 10.9. The maximum atomic E-state index is 11.5. The van der Waals surface area contributed by atoms with Gasteiger partial charge in [0.25, 0.3) is 5.56 Å². The van der Waals surface area contributed by atoms with Crippen LogP contribution < -0.4 is 5.56 Å². The quantitative estimate of drug-likeness (QED) is 0.566. The lowest BCUT2D eigenvalue weighted by atomic mass is 10.3. The van der Waals surface area contributed by atoms with Crippen LogP contribution in [-0.2, 0) is 0 Å². The van der Waals surface area contributed by atoms with Crippen molar-refractivity contribution >= 4 is 24.3 Å². The van der Waals surface area contributed by atoms with Gasteiger partial charge in [0.15, 0.2) is 10.6 Å². The van der Waals surface area contributed by atoms with Crippen LogP contribution in [0.1, 0.15) is 11.3 Å². The Bertz CT molecular complexity index is 717.